The van der Waals surface area contributed by atoms with Crippen molar-refractivity contribution in [3.05, 3.63) is 193 Å². The fourth-order valence-electron chi connectivity index (χ4n) is 7.59. The summed E-state index contributed by atoms with van der Waals surface area (Å²) in [5.41, 5.74) is 2.58. The van der Waals surface area contributed by atoms with Crippen LogP contribution in [0.1, 0.15) is 51.7 Å². The summed E-state index contributed by atoms with van der Waals surface area (Å²) in [7, 11) is 0. The lowest BCUT2D eigenvalue weighted by molar-refractivity contribution is -0.157. The standard InChI is InChI=1S/C43H56O10.C9H10O2.C9H12O.C7H14O3/c1-3-46-35(2)47-27-37(44)28-48-42(31-50-39-22-12-6-13-23-39)33-53-43(32-51-40-24-14-7-15-25-40)34-52-41(30-49-38-20-10-5-11-21-38)29-45-26-16-19-36-17-8-4-9-18-36;1-2-4-8(5-3-1)10-6-9-7-11-9;10-8-4-7-9-5-2-1-3-6-9;1-3-8-6(2)9-4-7-5-10-7/h4-15,17-18,20-25,35,37,41-44H,3,16,19,26-34H2,1-2H3;1-5,9H,6-7H2;1-3,5-6,10H,4,7-8H2;6-7H,3-5H2,1-2H3. The van der Waals surface area contributed by atoms with Gasteiger partial charge >= 0.3 is 0 Å². The summed E-state index contributed by atoms with van der Waals surface area (Å²) < 4.78 is 80.0. The van der Waals surface area contributed by atoms with Crippen LogP contribution in [0.5, 0.6) is 23.0 Å². The maximum atomic E-state index is 10.6. The molecule has 0 radical (unpaired) electrons. The van der Waals surface area contributed by atoms with Gasteiger partial charge in [-0.15, -0.1) is 0 Å². The summed E-state index contributed by atoms with van der Waals surface area (Å²) in [5.74, 6) is 3.09. The minimum atomic E-state index is -0.865. The highest BCUT2D eigenvalue weighted by Crippen LogP contribution is 2.17. The van der Waals surface area contributed by atoms with Crippen molar-refractivity contribution in [2.45, 2.75) is 103 Å². The molecule has 2 heterocycles. The molecule has 2 aliphatic heterocycles. The Balaban J connectivity index is 0.000000329. The molecule has 2 N–H and O–H groups in total. The van der Waals surface area contributed by atoms with Crippen molar-refractivity contribution >= 4 is 0 Å². The molecule has 0 bridgehead atoms. The number of ether oxygens (including phenoxy) is 14. The van der Waals surface area contributed by atoms with E-state index in [1.54, 1.807) is 6.92 Å². The predicted molar refractivity (Wildman–Crippen MR) is 324 cm³/mol. The molecule has 2 saturated heterocycles. The molecule has 0 aliphatic carbocycles. The molecule has 8 atom stereocenters. The third-order valence-corrected chi connectivity index (χ3v) is 12.3. The van der Waals surface area contributed by atoms with Gasteiger partial charge in [0, 0.05) is 26.4 Å². The van der Waals surface area contributed by atoms with Gasteiger partial charge in [0.05, 0.1) is 52.9 Å². The van der Waals surface area contributed by atoms with Gasteiger partial charge < -0.3 is 76.5 Å². The van der Waals surface area contributed by atoms with Crippen molar-refractivity contribution in [2.75, 3.05) is 106 Å². The number of epoxide rings is 2. The molecule has 0 aromatic heterocycles. The average Bonchev–Trinajstić information content (AvgIpc) is 4.52. The van der Waals surface area contributed by atoms with Crippen LogP contribution in [0.15, 0.2) is 182 Å². The highest BCUT2D eigenvalue weighted by atomic mass is 16.7. The Hall–Kier alpha value is -5.96. The van der Waals surface area contributed by atoms with Gasteiger partial charge in [0.15, 0.2) is 12.6 Å². The van der Waals surface area contributed by atoms with Gasteiger partial charge in [-0.3, -0.25) is 0 Å². The molecule has 2 fully saturated rings. The lowest BCUT2D eigenvalue weighted by Crippen LogP contribution is -2.38. The van der Waals surface area contributed by atoms with Crippen molar-refractivity contribution in [1.29, 1.82) is 0 Å². The molecule has 0 spiro atoms. The molecule has 0 amide bonds. The number of benzene rings is 6. The molecular formula is C68H92O16. The summed E-state index contributed by atoms with van der Waals surface area (Å²) in [6.45, 7) is 14.2. The zero-order chi connectivity index (χ0) is 59.3. The monoisotopic (exact) mass is 1160 g/mol. The van der Waals surface area contributed by atoms with E-state index in [1.165, 1.54) is 11.1 Å². The molecule has 6 aromatic rings. The van der Waals surface area contributed by atoms with E-state index < -0.39 is 24.6 Å². The summed E-state index contributed by atoms with van der Waals surface area (Å²) in [6.07, 6.45) is 1.62. The van der Waals surface area contributed by atoms with Crippen molar-refractivity contribution in [1.82, 2.24) is 0 Å². The number of hydrogen-bond donors (Lipinski definition) is 2. The first-order chi connectivity index (χ1) is 41.3. The van der Waals surface area contributed by atoms with Gasteiger partial charge in [0.2, 0.25) is 0 Å². The molecule has 2 aliphatic rings. The van der Waals surface area contributed by atoms with Crippen LogP contribution >= 0.6 is 0 Å². The molecule has 8 rings (SSSR count). The molecule has 6 aromatic carbocycles. The van der Waals surface area contributed by atoms with Gasteiger partial charge in [-0.05, 0) is 113 Å². The Morgan fingerprint density at radius 1 is 0.405 bits per heavy atom. The van der Waals surface area contributed by atoms with E-state index in [9.17, 15) is 5.11 Å². The second-order valence-corrected chi connectivity index (χ2v) is 19.6. The highest BCUT2D eigenvalue weighted by molar-refractivity contribution is 5.23. The van der Waals surface area contributed by atoms with Crippen LogP contribution in [-0.4, -0.2) is 165 Å². The normalized spacial score (nSPS) is 16.0. The topological polar surface area (TPSA) is 176 Å². The quantitative estimate of drug-likeness (QED) is 0.0211. The lowest BCUT2D eigenvalue weighted by atomic mass is 10.1. The number of aliphatic hydroxyl groups excluding tert-OH is 2. The summed E-state index contributed by atoms with van der Waals surface area (Å²) in [4.78, 5) is 0. The van der Waals surface area contributed by atoms with Gasteiger partial charge in [0.25, 0.3) is 0 Å². The lowest BCUT2D eigenvalue weighted by Gasteiger charge is -2.26. The Morgan fingerprint density at radius 2 is 0.762 bits per heavy atom. The molecule has 0 saturated carbocycles. The summed E-state index contributed by atoms with van der Waals surface area (Å²) >= 11 is 0. The zero-order valence-electron chi connectivity index (χ0n) is 49.7. The summed E-state index contributed by atoms with van der Waals surface area (Å²) in [6, 6.07) is 59.1. The second kappa shape index (κ2) is 44.5. The average molecular weight is 1170 g/mol. The number of rotatable bonds is 40. The van der Waals surface area contributed by atoms with Crippen LogP contribution in [0.3, 0.4) is 0 Å². The first-order valence-corrected chi connectivity index (χ1v) is 29.5. The molecule has 460 valence electrons. The molecule has 8 unspecified atom stereocenters. The van der Waals surface area contributed by atoms with E-state index >= 15 is 0 Å². The van der Waals surface area contributed by atoms with E-state index in [-0.39, 0.29) is 58.6 Å². The van der Waals surface area contributed by atoms with E-state index in [0.717, 1.165) is 56.1 Å². The zero-order valence-corrected chi connectivity index (χ0v) is 49.7. The first kappa shape index (κ1) is 68.8. The van der Waals surface area contributed by atoms with Crippen molar-refractivity contribution in [3.63, 3.8) is 0 Å². The largest absolute Gasteiger partial charge is 0.491 e. The van der Waals surface area contributed by atoms with Crippen LogP contribution in [-0.2, 0) is 60.2 Å². The second-order valence-electron chi connectivity index (χ2n) is 19.6. The minimum Gasteiger partial charge on any atom is -0.491 e. The molecule has 16 nitrogen and oxygen atoms in total. The predicted octanol–water partition coefficient (Wildman–Crippen LogP) is 10.6. The number of aryl methyl sites for hydroxylation is 2. The number of aliphatic hydroxyl groups is 2. The first-order valence-electron chi connectivity index (χ1n) is 29.5. The molecular weight excluding hydrogens is 1070 g/mol. The van der Waals surface area contributed by atoms with E-state index in [2.05, 4.69) is 36.4 Å². The van der Waals surface area contributed by atoms with Crippen molar-refractivity contribution in [3.8, 4) is 23.0 Å². The maximum absolute atomic E-state index is 10.6. The van der Waals surface area contributed by atoms with Crippen LogP contribution in [0.4, 0.5) is 0 Å². The molecule has 16 heteroatoms. The van der Waals surface area contributed by atoms with Gasteiger partial charge in [-0.1, -0.05) is 133 Å². The van der Waals surface area contributed by atoms with Gasteiger partial charge in [-0.2, -0.15) is 0 Å². The van der Waals surface area contributed by atoms with Crippen LogP contribution in [0, 0.1) is 0 Å². The van der Waals surface area contributed by atoms with Crippen LogP contribution < -0.4 is 18.9 Å². The summed E-state index contributed by atoms with van der Waals surface area (Å²) in [5, 5.41) is 19.1. The fraction of sp³-hybridized carbons (Fsp3) is 0.471. The van der Waals surface area contributed by atoms with E-state index in [1.807, 2.05) is 166 Å². The Labute approximate surface area is 499 Å². The van der Waals surface area contributed by atoms with E-state index in [0.29, 0.717) is 64.2 Å². The maximum Gasteiger partial charge on any atom is 0.154 e. The van der Waals surface area contributed by atoms with Gasteiger partial charge in [0.1, 0.15) is 86.0 Å². The Morgan fingerprint density at radius 3 is 1.18 bits per heavy atom. The van der Waals surface area contributed by atoms with Crippen molar-refractivity contribution in [2.24, 2.45) is 0 Å². The smallest absolute Gasteiger partial charge is 0.154 e. The van der Waals surface area contributed by atoms with E-state index in [4.69, 9.17) is 71.4 Å². The third kappa shape index (κ3) is 34.7. The number of para-hydroxylation sites is 4. The Bertz CT molecular complexity index is 2410. The third-order valence-electron chi connectivity index (χ3n) is 12.3. The van der Waals surface area contributed by atoms with Crippen LogP contribution in [0.2, 0.25) is 0 Å². The fourth-order valence-corrected chi connectivity index (χ4v) is 7.59. The number of hydrogen-bond acceptors (Lipinski definition) is 16. The molecule has 84 heavy (non-hydrogen) atoms. The van der Waals surface area contributed by atoms with Crippen molar-refractivity contribution < 1.29 is 76.5 Å². The SMILES string of the molecule is CCOC(C)OCC(O)COC(COc1ccccc1)COC(COc1ccccc1)COC(COCCCc1ccccc1)COc1ccccc1.CCOC(C)OCC1CO1.OCCCc1ccccc1.c1ccc(OCC2CO2)cc1. The van der Waals surface area contributed by atoms with Gasteiger partial charge in [-0.25, -0.2) is 0 Å². The van der Waals surface area contributed by atoms with Crippen LogP contribution in [0.25, 0.3) is 0 Å². The minimum absolute atomic E-state index is 0.0210. The highest BCUT2D eigenvalue weighted by Gasteiger charge is 2.25. The Kier molecular flexibility index (Phi) is 36.5.